The maximum absolute atomic E-state index is 12.2. The molecule has 2 amide bonds. The molecule has 0 bridgehead atoms. The second kappa shape index (κ2) is 9.56. The van der Waals surface area contributed by atoms with Crippen molar-refractivity contribution in [2.75, 3.05) is 26.2 Å². The molecule has 128 valence electrons. The van der Waals surface area contributed by atoms with Crippen LogP contribution in [-0.2, 0) is 9.59 Å². The van der Waals surface area contributed by atoms with Crippen LogP contribution in [0.1, 0.15) is 25.7 Å². The zero-order valence-corrected chi connectivity index (χ0v) is 13.7. The van der Waals surface area contributed by atoms with E-state index in [2.05, 4.69) is 5.32 Å². The van der Waals surface area contributed by atoms with Crippen LogP contribution in [0.15, 0.2) is 30.3 Å². The Morgan fingerprint density at radius 3 is 2.62 bits per heavy atom. The van der Waals surface area contributed by atoms with Gasteiger partial charge in [0.15, 0.2) is 0 Å². The molecule has 2 rings (SSSR count). The minimum absolute atomic E-state index is 0.0985. The third-order valence-corrected chi connectivity index (χ3v) is 4.12. The van der Waals surface area contributed by atoms with Crippen LogP contribution in [0.2, 0.25) is 0 Å². The molecule has 0 aromatic heterocycles. The summed E-state index contributed by atoms with van der Waals surface area (Å²) in [6.45, 7) is 2.39. The van der Waals surface area contributed by atoms with Gasteiger partial charge in [0.2, 0.25) is 11.8 Å². The summed E-state index contributed by atoms with van der Waals surface area (Å²) in [4.78, 5) is 25.3. The largest absolute Gasteiger partial charge is 0.493 e. The zero-order valence-electron chi connectivity index (χ0n) is 13.7. The Bertz CT molecular complexity index is 575. The third kappa shape index (κ3) is 5.92. The average molecular weight is 329 g/mol. The van der Waals surface area contributed by atoms with Crippen LogP contribution in [0.25, 0.3) is 0 Å². The number of likely N-dealkylation sites (tertiary alicyclic amines) is 1. The van der Waals surface area contributed by atoms with Crippen molar-refractivity contribution in [3.63, 3.8) is 0 Å². The van der Waals surface area contributed by atoms with Gasteiger partial charge in [-0.15, -0.1) is 0 Å². The number of piperidine rings is 1. The van der Waals surface area contributed by atoms with Crippen molar-refractivity contribution in [2.24, 2.45) is 5.92 Å². The van der Waals surface area contributed by atoms with Gasteiger partial charge in [0.25, 0.3) is 0 Å². The van der Waals surface area contributed by atoms with Gasteiger partial charge in [-0.2, -0.15) is 5.26 Å². The van der Waals surface area contributed by atoms with Gasteiger partial charge in [0, 0.05) is 19.6 Å². The second-order valence-electron chi connectivity index (χ2n) is 5.87. The summed E-state index contributed by atoms with van der Waals surface area (Å²) in [6.07, 6.45) is 2.02. The Labute approximate surface area is 142 Å². The predicted molar refractivity (Wildman–Crippen MR) is 89.1 cm³/mol. The first-order valence-corrected chi connectivity index (χ1v) is 8.28. The highest BCUT2D eigenvalue weighted by Crippen LogP contribution is 2.17. The number of rotatable bonds is 7. The number of nitriles is 1. The molecule has 1 aliphatic rings. The lowest BCUT2D eigenvalue weighted by Gasteiger charge is -2.32. The van der Waals surface area contributed by atoms with Gasteiger partial charge >= 0.3 is 0 Å². The maximum atomic E-state index is 12.2. The minimum atomic E-state index is -0.228. The van der Waals surface area contributed by atoms with Crippen LogP contribution in [-0.4, -0.2) is 43.0 Å². The van der Waals surface area contributed by atoms with Gasteiger partial charge in [-0.05, 0) is 30.9 Å². The first-order valence-electron chi connectivity index (χ1n) is 8.28. The van der Waals surface area contributed by atoms with E-state index in [0.717, 1.165) is 18.6 Å². The highest BCUT2D eigenvalue weighted by atomic mass is 16.5. The van der Waals surface area contributed by atoms with Crippen LogP contribution in [0.3, 0.4) is 0 Å². The maximum Gasteiger partial charge on any atom is 0.234 e. The quantitative estimate of drug-likeness (QED) is 0.826. The average Bonchev–Trinajstić information content (AvgIpc) is 2.61. The summed E-state index contributed by atoms with van der Waals surface area (Å²) in [5.74, 6) is 1.03. The van der Waals surface area contributed by atoms with Crippen molar-refractivity contribution >= 4 is 11.8 Å². The smallest absolute Gasteiger partial charge is 0.234 e. The van der Waals surface area contributed by atoms with Crippen molar-refractivity contribution in [3.05, 3.63) is 30.3 Å². The third-order valence-electron chi connectivity index (χ3n) is 4.12. The number of ether oxygens (including phenoxy) is 1. The molecule has 6 heteroatoms. The van der Waals surface area contributed by atoms with Crippen molar-refractivity contribution in [3.8, 4) is 11.8 Å². The first kappa shape index (κ1) is 17.8. The molecule has 1 saturated heterocycles. The van der Waals surface area contributed by atoms with Crippen LogP contribution in [0.4, 0.5) is 0 Å². The number of hydrogen-bond acceptors (Lipinski definition) is 4. The molecule has 6 nitrogen and oxygen atoms in total. The van der Waals surface area contributed by atoms with E-state index < -0.39 is 0 Å². The van der Waals surface area contributed by atoms with E-state index in [4.69, 9.17) is 10.00 Å². The lowest BCUT2D eigenvalue weighted by atomic mass is 9.96. The molecular formula is C18H23N3O3. The van der Waals surface area contributed by atoms with E-state index in [1.165, 1.54) is 0 Å². The van der Waals surface area contributed by atoms with Gasteiger partial charge in [-0.3, -0.25) is 9.59 Å². The highest BCUT2D eigenvalue weighted by molar-refractivity contribution is 5.78. The van der Waals surface area contributed by atoms with Gasteiger partial charge in [-0.1, -0.05) is 18.2 Å². The van der Waals surface area contributed by atoms with Gasteiger partial charge in [0.1, 0.15) is 12.2 Å². The Morgan fingerprint density at radius 1 is 1.25 bits per heavy atom. The van der Waals surface area contributed by atoms with Crippen molar-refractivity contribution in [2.45, 2.75) is 25.7 Å². The molecule has 0 aliphatic carbocycles. The summed E-state index contributed by atoms with van der Waals surface area (Å²) in [7, 11) is 0. The Kier molecular flexibility index (Phi) is 7.09. The molecule has 24 heavy (non-hydrogen) atoms. The fraction of sp³-hybridized carbons (Fsp3) is 0.500. The normalized spacial score (nSPS) is 14.7. The highest BCUT2D eigenvalue weighted by Gasteiger charge is 2.22. The van der Waals surface area contributed by atoms with Gasteiger partial charge in [0.05, 0.1) is 19.1 Å². The van der Waals surface area contributed by atoms with Crippen molar-refractivity contribution in [1.82, 2.24) is 10.2 Å². The van der Waals surface area contributed by atoms with E-state index in [0.29, 0.717) is 38.6 Å². The number of hydrogen-bond donors (Lipinski definition) is 1. The van der Waals surface area contributed by atoms with Crippen molar-refractivity contribution in [1.29, 1.82) is 5.26 Å². The molecule has 0 atom stereocenters. The molecule has 1 aliphatic heterocycles. The fourth-order valence-electron chi connectivity index (χ4n) is 2.71. The summed E-state index contributed by atoms with van der Waals surface area (Å²) >= 11 is 0. The Hall–Kier alpha value is -2.55. The Balaban J connectivity index is 1.62. The molecule has 1 fully saturated rings. The molecule has 1 heterocycles. The summed E-state index contributed by atoms with van der Waals surface area (Å²) in [6, 6.07) is 11.3. The number of amides is 2. The van der Waals surface area contributed by atoms with Crippen LogP contribution in [0, 0.1) is 17.2 Å². The van der Waals surface area contributed by atoms with Crippen molar-refractivity contribution < 1.29 is 14.3 Å². The number of carbonyl (C=O) groups excluding carboxylic acids is 2. The van der Waals surface area contributed by atoms with Crippen LogP contribution in [0.5, 0.6) is 5.75 Å². The standard InChI is InChI=1S/C18H23N3O3/c19-10-6-17(22)20-14-15-7-11-21(12-8-15)18(23)9-13-24-16-4-2-1-3-5-16/h1-5,15H,6-9,11-14H2,(H,20,22). The Morgan fingerprint density at radius 2 is 1.96 bits per heavy atom. The lowest BCUT2D eigenvalue weighted by molar-refractivity contribution is -0.133. The van der Waals surface area contributed by atoms with Crippen LogP contribution >= 0.6 is 0 Å². The van der Waals surface area contributed by atoms with Gasteiger partial charge in [-0.25, -0.2) is 0 Å². The minimum Gasteiger partial charge on any atom is -0.493 e. The van der Waals surface area contributed by atoms with E-state index >= 15 is 0 Å². The van der Waals surface area contributed by atoms with E-state index in [-0.39, 0.29) is 18.2 Å². The fourth-order valence-corrected chi connectivity index (χ4v) is 2.71. The number of nitrogens with zero attached hydrogens (tertiary/aromatic N) is 2. The van der Waals surface area contributed by atoms with E-state index in [1.54, 1.807) is 0 Å². The molecule has 0 radical (unpaired) electrons. The second-order valence-corrected chi connectivity index (χ2v) is 5.87. The zero-order chi connectivity index (χ0) is 17.2. The number of carbonyl (C=O) groups is 2. The molecule has 1 aromatic carbocycles. The molecular weight excluding hydrogens is 306 g/mol. The monoisotopic (exact) mass is 329 g/mol. The van der Waals surface area contributed by atoms with Gasteiger partial charge < -0.3 is 15.0 Å². The number of benzene rings is 1. The molecule has 1 aromatic rings. The topological polar surface area (TPSA) is 82.4 Å². The first-order chi connectivity index (χ1) is 11.7. The number of para-hydroxylation sites is 1. The molecule has 1 N–H and O–H groups in total. The summed E-state index contributed by atoms with van der Waals surface area (Å²) in [5, 5.41) is 11.2. The van der Waals surface area contributed by atoms with E-state index in [1.807, 2.05) is 41.3 Å². The SMILES string of the molecule is N#CCC(=O)NCC1CCN(C(=O)CCOc2ccccc2)CC1. The van der Waals surface area contributed by atoms with Crippen LogP contribution < -0.4 is 10.1 Å². The summed E-state index contributed by atoms with van der Waals surface area (Å²) < 4.78 is 5.56. The van der Waals surface area contributed by atoms with E-state index in [9.17, 15) is 9.59 Å². The summed E-state index contributed by atoms with van der Waals surface area (Å²) in [5.41, 5.74) is 0. The molecule has 0 unspecified atom stereocenters. The number of nitrogens with one attached hydrogen (secondary N) is 1. The molecule has 0 spiro atoms. The lowest BCUT2D eigenvalue weighted by Crippen LogP contribution is -2.41. The predicted octanol–water partition coefficient (Wildman–Crippen LogP) is 1.72. The molecule has 0 saturated carbocycles.